The van der Waals surface area contributed by atoms with Crippen LogP contribution in [0.15, 0.2) is 0 Å². The monoisotopic (exact) mass is 246 g/mol. The molecule has 0 spiro atoms. The van der Waals surface area contributed by atoms with Gasteiger partial charge < -0.3 is 24.4 Å². The summed E-state index contributed by atoms with van der Waals surface area (Å²) >= 11 is 0. The van der Waals surface area contributed by atoms with Gasteiger partial charge in [-0.2, -0.15) is 0 Å². The van der Waals surface area contributed by atoms with Gasteiger partial charge in [-0.25, -0.2) is 0 Å². The summed E-state index contributed by atoms with van der Waals surface area (Å²) in [6.07, 6.45) is 0.369. The van der Waals surface area contributed by atoms with Crippen LogP contribution in [0.1, 0.15) is 33.1 Å². The Morgan fingerprint density at radius 3 is 2.47 bits per heavy atom. The summed E-state index contributed by atoms with van der Waals surface area (Å²) in [7, 11) is 0. The van der Waals surface area contributed by atoms with Gasteiger partial charge in [0.1, 0.15) is 0 Å². The lowest BCUT2D eigenvalue weighted by atomic mass is 10.0. The Morgan fingerprint density at radius 1 is 1.06 bits per heavy atom. The highest BCUT2D eigenvalue weighted by atomic mass is 16.7. The Balaban J connectivity index is 1.78. The quantitative estimate of drug-likeness (QED) is 0.739. The molecule has 0 aromatic heterocycles. The Kier molecular flexibility index (Phi) is 4.38. The first-order valence-corrected chi connectivity index (χ1v) is 6.35. The van der Waals surface area contributed by atoms with E-state index >= 15 is 0 Å². The van der Waals surface area contributed by atoms with Crippen LogP contribution < -0.4 is 0 Å². The molecule has 2 N–H and O–H groups in total. The molecule has 2 saturated heterocycles. The molecular formula is C12H22O5. The third kappa shape index (κ3) is 3.39. The van der Waals surface area contributed by atoms with Crippen molar-refractivity contribution in [3.05, 3.63) is 0 Å². The zero-order valence-electron chi connectivity index (χ0n) is 10.4. The molecule has 2 rings (SSSR count). The van der Waals surface area contributed by atoms with Crippen molar-refractivity contribution in [2.45, 2.75) is 69.9 Å². The SMILES string of the molecule is C[C@H]1OC[C@@H](OC2CC[C@H](O)[C@@H](C)O2)C[C@@H]1O. The maximum absolute atomic E-state index is 9.69. The second-order valence-electron chi connectivity index (χ2n) is 5.02. The highest BCUT2D eigenvalue weighted by Crippen LogP contribution is 2.24. The van der Waals surface area contributed by atoms with E-state index in [0.29, 0.717) is 25.9 Å². The van der Waals surface area contributed by atoms with E-state index in [1.165, 1.54) is 0 Å². The van der Waals surface area contributed by atoms with E-state index < -0.39 is 12.2 Å². The molecule has 0 aromatic carbocycles. The van der Waals surface area contributed by atoms with Crippen LogP contribution in [-0.2, 0) is 14.2 Å². The summed E-state index contributed by atoms with van der Waals surface area (Å²) in [4.78, 5) is 0. The second-order valence-corrected chi connectivity index (χ2v) is 5.02. The summed E-state index contributed by atoms with van der Waals surface area (Å²) in [6.45, 7) is 4.19. The van der Waals surface area contributed by atoms with Crippen LogP contribution in [-0.4, -0.2) is 53.6 Å². The van der Waals surface area contributed by atoms with Gasteiger partial charge in [-0.15, -0.1) is 0 Å². The average Bonchev–Trinajstić information content (AvgIpc) is 2.29. The summed E-state index contributed by atoms with van der Waals surface area (Å²) in [5.74, 6) is 0. The second kappa shape index (κ2) is 5.63. The van der Waals surface area contributed by atoms with Crippen molar-refractivity contribution in [1.82, 2.24) is 0 Å². The van der Waals surface area contributed by atoms with Crippen LogP contribution in [0.3, 0.4) is 0 Å². The normalized spacial score (nSPS) is 48.0. The summed E-state index contributed by atoms with van der Waals surface area (Å²) in [6, 6.07) is 0. The number of aliphatic hydroxyl groups is 2. The van der Waals surface area contributed by atoms with E-state index in [4.69, 9.17) is 14.2 Å². The third-order valence-corrected chi connectivity index (χ3v) is 3.54. The Hall–Kier alpha value is -0.200. The maximum Gasteiger partial charge on any atom is 0.158 e. The van der Waals surface area contributed by atoms with Crippen molar-refractivity contribution in [3.8, 4) is 0 Å². The number of hydrogen-bond acceptors (Lipinski definition) is 5. The molecule has 5 heteroatoms. The average molecular weight is 246 g/mol. The van der Waals surface area contributed by atoms with Crippen molar-refractivity contribution >= 4 is 0 Å². The van der Waals surface area contributed by atoms with E-state index in [0.717, 1.165) is 0 Å². The van der Waals surface area contributed by atoms with Gasteiger partial charge in [0.05, 0.1) is 37.1 Å². The number of hydrogen-bond donors (Lipinski definition) is 2. The first-order valence-electron chi connectivity index (χ1n) is 6.35. The lowest BCUT2D eigenvalue weighted by Crippen LogP contribution is -2.45. The summed E-state index contributed by atoms with van der Waals surface area (Å²) in [5, 5.41) is 19.2. The molecule has 100 valence electrons. The third-order valence-electron chi connectivity index (χ3n) is 3.54. The fraction of sp³-hybridized carbons (Fsp3) is 1.00. The summed E-state index contributed by atoms with van der Waals surface area (Å²) in [5.41, 5.74) is 0. The van der Waals surface area contributed by atoms with Crippen molar-refractivity contribution < 1.29 is 24.4 Å². The Labute approximate surface area is 102 Å². The van der Waals surface area contributed by atoms with Crippen LogP contribution in [0, 0.1) is 0 Å². The van der Waals surface area contributed by atoms with Crippen molar-refractivity contribution in [3.63, 3.8) is 0 Å². The molecule has 5 nitrogen and oxygen atoms in total. The lowest BCUT2D eigenvalue weighted by molar-refractivity contribution is -0.255. The molecule has 0 aliphatic carbocycles. The molecule has 2 aliphatic heterocycles. The van der Waals surface area contributed by atoms with Crippen LogP contribution >= 0.6 is 0 Å². The number of ether oxygens (including phenoxy) is 3. The van der Waals surface area contributed by atoms with Gasteiger partial charge in [-0.1, -0.05) is 0 Å². The number of aliphatic hydroxyl groups excluding tert-OH is 2. The van der Waals surface area contributed by atoms with E-state index in [1.54, 1.807) is 0 Å². The zero-order chi connectivity index (χ0) is 12.4. The Bertz CT molecular complexity index is 223. The van der Waals surface area contributed by atoms with Gasteiger partial charge in [0.2, 0.25) is 0 Å². The molecule has 17 heavy (non-hydrogen) atoms. The molecular weight excluding hydrogens is 224 g/mol. The smallest absolute Gasteiger partial charge is 0.158 e. The Morgan fingerprint density at radius 2 is 1.82 bits per heavy atom. The van der Waals surface area contributed by atoms with E-state index in [2.05, 4.69) is 0 Å². The predicted molar refractivity (Wildman–Crippen MR) is 60.5 cm³/mol. The zero-order valence-corrected chi connectivity index (χ0v) is 10.4. The highest BCUT2D eigenvalue weighted by Gasteiger charge is 2.32. The molecule has 2 fully saturated rings. The van der Waals surface area contributed by atoms with Gasteiger partial charge in [0.25, 0.3) is 0 Å². The molecule has 2 aliphatic rings. The van der Waals surface area contributed by atoms with Crippen LogP contribution in [0.25, 0.3) is 0 Å². The van der Waals surface area contributed by atoms with Crippen molar-refractivity contribution in [1.29, 1.82) is 0 Å². The van der Waals surface area contributed by atoms with E-state index in [9.17, 15) is 10.2 Å². The van der Waals surface area contributed by atoms with Gasteiger partial charge in [-0.3, -0.25) is 0 Å². The van der Waals surface area contributed by atoms with Gasteiger partial charge in [0, 0.05) is 12.8 Å². The van der Waals surface area contributed by atoms with Crippen molar-refractivity contribution in [2.24, 2.45) is 0 Å². The molecule has 2 heterocycles. The minimum absolute atomic E-state index is 0.117. The minimum Gasteiger partial charge on any atom is -0.390 e. The summed E-state index contributed by atoms with van der Waals surface area (Å²) < 4.78 is 16.7. The van der Waals surface area contributed by atoms with Gasteiger partial charge in [0.15, 0.2) is 6.29 Å². The maximum atomic E-state index is 9.69. The molecule has 1 unspecified atom stereocenters. The van der Waals surface area contributed by atoms with Crippen molar-refractivity contribution in [2.75, 3.05) is 6.61 Å². The first kappa shape index (κ1) is 13.2. The topological polar surface area (TPSA) is 68.2 Å². The molecule has 0 aromatic rings. The minimum atomic E-state index is -0.472. The number of rotatable bonds is 2. The van der Waals surface area contributed by atoms with Crippen LogP contribution in [0.5, 0.6) is 0 Å². The lowest BCUT2D eigenvalue weighted by Gasteiger charge is -2.37. The van der Waals surface area contributed by atoms with Gasteiger partial charge in [-0.05, 0) is 20.3 Å². The fourth-order valence-corrected chi connectivity index (χ4v) is 2.25. The van der Waals surface area contributed by atoms with Crippen LogP contribution in [0.2, 0.25) is 0 Å². The molecule has 0 saturated carbocycles. The predicted octanol–water partition coefficient (Wildman–Crippen LogP) is 0.427. The van der Waals surface area contributed by atoms with Crippen LogP contribution in [0.4, 0.5) is 0 Å². The molecule has 6 atom stereocenters. The highest BCUT2D eigenvalue weighted by molar-refractivity contribution is 4.78. The first-order chi connectivity index (χ1) is 8.06. The standard InChI is InChI=1S/C12H22O5/c1-7-11(14)5-9(6-15-7)17-12-4-3-10(13)8(2)16-12/h7-14H,3-6H2,1-2H3/t7-,8-,9+,10+,11+,12?/m1/s1. The van der Waals surface area contributed by atoms with E-state index in [-0.39, 0.29) is 24.6 Å². The molecule has 0 bridgehead atoms. The fourth-order valence-electron chi connectivity index (χ4n) is 2.25. The molecule has 0 radical (unpaired) electrons. The van der Waals surface area contributed by atoms with Gasteiger partial charge >= 0.3 is 0 Å². The van der Waals surface area contributed by atoms with E-state index in [1.807, 2.05) is 13.8 Å². The molecule has 0 amide bonds. The largest absolute Gasteiger partial charge is 0.390 e.